The summed E-state index contributed by atoms with van der Waals surface area (Å²) in [5.41, 5.74) is 1.76. The maximum Gasteiger partial charge on any atom is 0.264 e. The molecular formula is C21H22N2O4S. The number of nitrogens with zero attached hydrogens (tertiary/aromatic N) is 1. The maximum absolute atomic E-state index is 12.2. The number of carbonyl (C=O) groups is 1. The third kappa shape index (κ3) is 5.23. The minimum absolute atomic E-state index is 0.123. The largest absolute Gasteiger partial charge is 0.494 e. The number of benzene rings is 2. The SMILES string of the molecule is CCOc1ccc(-c2csc(NC(=O)COc3ccccc3OCC)n2)cc1. The standard InChI is InChI=1S/C21H22N2O4S/c1-3-25-16-11-9-15(10-12-16)17-14-28-21(22-17)23-20(24)13-27-19-8-6-5-7-18(19)26-4-2/h5-12,14H,3-4,13H2,1-2H3,(H,22,23,24). The number of aromatic nitrogens is 1. The van der Waals surface area contributed by atoms with E-state index in [0.717, 1.165) is 17.0 Å². The molecule has 0 fully saturated rings. The van der Waals surface area contributed by atoms with Crippen molar-refractivity contribution in [3.05, 3.63) is 53.9 Å². The highest BCUT2D eigenvalue weighted by molar-refractivity contribution is 7.14. The van der Waals surface area contributed by atoms with Crippen LogP contribution in [0, 0.1) is 0 Å². The van der Waals surface area contributed by atoms with E-state index >= 15 is 0 Å². The smallest absolute Gasteiger partial charge is 0.264 e. The number of rotatable bonds is 9. The van der Waals surface area contributed by atoms with E-state index in [2.05, 4.69) is 10.3 Å². The van der Waals surface area contributed by atoms with Gasteiger partial charge in [0.05, 0.1) is 18.9 Å². The molecule has 1 amide bonds. The van der Waals surface area contributed by atoms with Crippen molar-refractivity contribution in [2.24, 2.45) is 0 Å². The van der Waals surface area contributed by atoms with Gasteiger partial charge in [0.2, 0.25) is 0 Å². The summed E-state index contributed by atoms with van der Waals surface area (Å²) in [6.45, 7) is 4.88. The first-order valence-corrected chi connectivity index (χ1v) is 9.90. The van der Waals surface area contributed by atoms with Crippen molar-refractivity contribution in [2.45, 2.75) is 13.8 Å². The fourth-order valence-corrected chi connectivity index (χ4v) is 3.23. The first kappa shape index (κ1) is 19.7. The van der Waals surface area contributed by atoms with Gasteiger partial charge in [-0.15, -0.1) is 11.3 Å². The monoisotopic (exact) mass is 398 g/mol. The molecule has 0 atom stereocenters. The molecule has 3 rings (SSSR count). The van der Waals surface area contributed by atoms with Crippen LogP contribution in [-0.4, -0.2) is 30.7 Å². The predicted molar refractivity (Wildman–Crippen MR) is 110 cm³/mol. The van der Waals surface area contributed by atoms with E-state index in [1.807, 2.05) is 55.6 Å². The topological polar surface area (TPSA) is 69.7 Å². The van der Waals surface area contributed by atoms with Gasteiger partial charge in [0.1, 0.15) is 5.75 Å². The Hall–Kier alpha value is -3.06. The number of hydrogen-bond donors (Lipinski definition) is 1. The van der Waals surface area contributed by atoms with Crippen molar-refractivity contribution >= 4 is 22.4 Å². The number of hydrogen-bond acceptors (Lipinski definition) is 6. The van der Waals surface area contributed by atoms with Gasteiger partial charge in [-0.05, 0) is 50.2 Å². The third-order valence-electron chi connectivity index (χ3n) is 3.72. The van der Waals surface area contributed by atoms with Gasteiger partial charge >= 0.3 is 0 Å². The summed E-state index contributed by atoms with van der Waals surface area (Å²) >= 11 is 1.37. The lowest BCUT2D eigenvalue weighted by Gasteiger charge is -2.10. The molecule has 0 radical (unpaired) electrons. The second kappa shape index (κ2) is 9.75. The Kier molecular flexibility index (Phi) is 6.86. The van der Waals surface area contributed by atoms with Crippen LogP contribution in [0.4, 0.5) is 5.13 Å². The molecule has 0 aliphatic carbocycles. The van der Waals surface area contributed by atoms with Crippen molar-refractivity contribution in [2.75, 3.05) is 25.1 Å². The lowest BCUT2D eigenvalue weighted by molar-refractivity contribution is -0.118. The van der Waals surface area contributed by atoms with Crippen molar-refractivity contribution < 1.29 is 19.0 Å². The summed E-state index contributed by atoms with van der Waals surface area (Å²) in [5.74, 6) is 1.69. The van der Waals surface area contributed by atoms with Crippen molar-refractivity contribution in [3.63, 3.8) is 0 Å². The van der Waals surface area contributed by atoms with E-state index < -0.39 is 0 Å². The lowest BCUT2D eigenvalue weighted by atomic mass is 10.2. The fraction of sp³-hybridized carbons (Fsp3) is 0.238. The molecule has 0 unspecified atom stereocenters. The summed E-state index contributed by atoms with van der Waals surface area (Å²) in [6, 6.07) is 15.0. The molecule has 0 bridgehead atoms. The Balaban J connectivity index is 1.57. The molecule has 2 aromatic carbocycles. The predicted octanol–water partition coefficient (Wildman–Crippen LogP) is 4.63. The molecule has 0 saturated heterocycles. The Morgan fingerprint density at radius 1 is 0.964 bits per heavy atom. The molecular weight excluding hydrogens is 376 g/mol. The molecule has 1 heterocycles. The van der Waals surface area contributed by atoms with Gasteiger partial charge in [-0.25, -0.2) is 4.98 Å². The summed E-state index contributed by atoms with van der Waals surface area (Å²) < 4.78 is 16.5. The highest BCUT2D eigenvalue weighted by Crippen LogP contribution is 2.28. The quantitative estimate of drug-likeness (QED) is 0.569. The van der Waals surface area contributed by atoms with Crippen molar-refractivity contribution in [1.29, 1.82) is 0 Å². The Morgan fingerprint density at radius 2 is 1.64 bits per heavy atom. The lowest BCUT2D eigenvalue weighted by Crippen LogP contribution is -2.20. The highest BCUT2D eigenvalue weighted by Gasteiger charge is 2.11. The zero-order chi connectivity index (χ0) is 19.8. The van der Waals surface area contributed by atoms with Crippen molar-refractivity contribution in [1.82, 2.24) is 4.98 Å². The highest BCUT2D eigenvalue weighted by atomic mass is 32.1. The average Bonchev–Trinajstić information content (AvgIpc) is 3.17. The first-order chi connectivity index (χ1) is 13.7. The van der Waals surface area contributed by atoms with Gasteiger partial charge in [-0.2, -0.15) is 0 Å². The zero-order valence-corrected chi connectivity index (χ0v) is 16.6. The molecule has 0 saturated carbocycles. The van der Waals surface area contributed by atoms with Crippen LogP contribution in [0.25, 0.3) is 11.3 Å². The van der Waals surface area contributed by atoms with Gasteiger partial charge in [-0.1, -0.05) is 12.1 Å². The van der Waals surface area contributed by atoms with E-state index in [1.165, 1.54) is 11.3 Å². The molecule has 0 spiro atoms. The molecule has 0 aliphatic heterocycles. The summed E-state index contributed by atoms with van der Waals surface area (Å²) in [5, 5.41) is 5.19. The third-order valence-corrected chi connectivity index (χ3v) is 4.48. The molecule has 0 aliphatic rings. The number of nitrogens with one attached hydrogen (secondary N) is 1. The van der Waals surface area contributed by atoms with Crippen LogP contribution in [0.1, 0.15) is 13.8 Å². The van der Waals surface area contributed by atoms with Crippen LogP contribution in [0.15, 0.2) is 53.9 Å². The van der Waals surface area contributed by atoms with Gasteiger partial charge < -0.3 is 14.2 Å². The number of anilines is 1. The van der Waals surface area contributed by atoms with Crippen LogP contribution in [0.3, 0.4) is 0 Å². The summed E-state index contributed by atoms with van der Waals surface area (Å²) in [4.78, 5) is 16.7. The summed E-state index contributed by atoms with van der Waals surface area (Å²) in [7, 11) is 0. The summed E-state index contributed by atoms with van der Waals surface area (Å²) in [6.07, 6.45) is 0. The van der Waals surface area contributed by atoms with Gasteiger partial charge in [0.25, 0.3) is 5.91 Å². The maximum atomic E-state index is 12.2. The Morgan fingerprint density at radius 3 is 2.32 bits per heavy atom. The zero-order valence-electron chi connectivity index (χ0n) is 15.8. The molecule has 1 N–H and O–H groups in total. The number of ether oxygens (including phenoxy) is 3. The van der Waals surface area contributed by atoms with Gasteiger partial charge in [0.15, 0.2) is 23.2 Å². The molecule has 7 heteroatoms. The fourth-order valence-electron chi connectivity index (χ4n) is 2.50. The van der Waals surface area contributed by atoms with Crippen LogP contribution >= 0.6 is 11.3 Å². The van der Waals surface area contributed by atoms with E-state index in [9.17, 15) is 4.79 Å². The second-order valence-electron chi connectivity index (χ2n) is 5.71. The van der Waals surface area contributed by atoms with Crippen LogP contribution < -0.4 is 19.5 Å². The normalized spacial score (nSPS) is 10.4. The van der Waals surface area contributed by atoms with E-state index in [4.69, 9.17) is 14.2 Å². The van der Waals surface area contributed by atoms with Crippen molar-refractivity contribution in [3.8, 4) is 28.5 Å². The molecule has 1 aromatic heterocycles. The molecule has 6 nitrogen and oxygen atoms in total. The molecule has 3 aromatic rings. The van der Waals surface area contributed by atoms with Gasteiger partial charge in [0, 0.05) is 10.9 Å². The van der Waals surface area contributed by atoms with Crippen LogP contribution in [-0.2, 0) is 4.79 Å². The van der Waals surface area contributed by atoms with E-state index in [-0.39, 0.29) is 12.5 Å². The Bertz CT molecular complexity index is 909. The first-order valence-electron chi connectivity index (χ1n) is 9.02. The number of carbonyl (C=O) groups excluding carboxylic acids is 1. The van der Waals surface area contributed by atoms with E-state index in [0.29, 0.717) is 29.8 Å². The van der Waals surface area contributed by atoms with Crippen LogP contribution in [0.5, 0.6) is 17.2 Å². The average molecular weight is 398 g/mol. The van der Waals surface area contributed by atoms with Gasteiger partial charge in [-0.3, -0.25) is 10.1 Å². The second-order valence-corrected chi connectivity index (χ2v) is 6.57. The number of thiazole rings is 1. The van der Waals surface area contributed by atoms with E-state index in [1.54, 1.807) is 12.1 Å². The Labute approximate surface area is 168 Å². The van der Waals surface area contributed by atoms with Crippen LogP contribution in [0.2, 0.25) is 0 Å². The number of amides is 1. The minimum Gasteiger partial charge on any atom is -0.494 e. The molecule has 28 heavy (non-hydrogen) atoms. The minimum atomic E-state index is -0.279. The molecule has 146 valence electrons. The number of para-hydroxylation sites is 2.